The SMILES string of the molecule is NC(=O)C1CCCCN1CC(=O)Nc1cccc(F)c1. The second-order valence-corrected chi connectivity index (χ2v) is 4.94. The lowest BCUT2D eigenvalue weighted by molar-refractivity contribution is -0.126. The standard InChI is InChI=1S/C14H18FN3O2/c15-10-4-3-5-11(8-10)17-13(19)9-18-7-2-1-6-12(18)14(16)20/h3-5,8,12H,1-2,6-7,9H2,(H2,16,20)(H,17,19). The summed E-state index contributed by atoms with van der Waals surface area (Å²) in [4.78, 5) is 25.1. The number of nitrogens with one attached hydrogen (secondary N) is 1. The molecule has 1 atom stereocenters. The van der Waals surface area contributed by atoms with Gasteiger partial charge in [-0.05, 0) is 37.6 Å². The number of nitrogens with zero attached hydrogens (tertiary/aromatic N) is 1. The normalized spacial score (nSPS) is 19.6. The lowest BCUT2D eigenvalue weighted by Crippen LogP contribution is -2.50. The molecule has 0 bridgehead atoms. The molecule has 1 aromatic rings. The highest BCUT2D eigenvalue weighted by atomic mass is 19.1. The molecular formula is C14H18FN3O2. The molecule has 0 aliphatic carbocycles. The Labute approximate surface area is 116 Å². The molecule has 1 unspecified atom stereocenters. The molecule has 1 heterocycles. The maximum atomic E-state index is 13.0. The molecule has 5 nitrogen and oxygen atoms in total. The van der Waals surface area contributed by atoms with Crippen LogP contribution in [0.25, 0.3) is 0 Å². The highest BCUT2D eigenvalue weighted by Crippen LogP contribution is 2.17. The van der Waals surface area contributed by atoms with E-state index in [4.69, 9.17) is 5.73 Å². The van der Waals surface area contributed by atoms with Crippen molar-refractivity contribution in [3.8, 4) is 0 Å². The van der Waals surface area contributed by atoms with Gasteiger partial charge in [0.25, 0.3) is 0 Å². The van der Waals surface area contributed by atoms with Crippen LogP contribution in [0.2, 0.25) is 0 Å². The van der Waals surface area contributed by atoms with Gasteiger partial charge in [0.1, 0.15) is 5.82 Å². The summed E-state index contributed by atoms with van der Waals surface area (Å²) in [7, 11) is 0. The van der Waals surface area contributed by atoms with E-state index < -0.39 is 11.7 Å². The fraction of sp³-hybridized carbons (Fsp3) is 0.429. The molecule has 1 fully saturated rings. The molecular weight excluding hydrogens is 261 g/mol. The van der Waals surface area contributed by atoms with Crippen molar-refractivity contribution in [2.24, 2.45) is 5.73 Å². The third kappa shape index (κ3) is 3.77. The maximum absolute atomic E-state index is 13.0. The molecule has 1 aliphatic heterocycles. The number of carbonyl (C=O) groups is 2. The molecule has 1 aliphatic rings. The summed E-state index contributed by atoms with van der Waals surface area (Å²) >= 11 is 0. The second kappa shape index (κ2) is 6.47. The molecule has 0 saturated carbocycles. The van der Waals surface area contributed by atoms with E-state index in [9.17, 15) is 14.0 Å². The summed E-state index contributed by atoms with van der Waals surface area (Å²) in [5.41, 5.74) is 5.75. The van der Waals surface area contributed by atoms with Crippen LogP contribution >= 0.6 is 0 Å². The van der Waals surface area contributed by atoms with Crippen molar-refractivity contribution in [2.45, 2.75) is 25.3 Å². The number of nitrogens with two attached hydrogens (primary N) is 1. The van der Waals surface area contributed by atoms with E-state index in [1.807, 2.05) is 0 Å². The van der Waals surface area contributed by atoms with Gasteiger partial charge in [-0.15, -0.1) is 0 Å². The Morgan fingerprint density at radius 3 is 2.90 bits per heavy atom. The Balaban J connectivity index is 1.94. The van der Waals surface area contributed by atoms with Gasteiger partial charge in [0.2, 0.25) is 11.8 Å². The van der Waals surface area contributed by atoms with E-state index in [0.29, 0.717) is 18.7 Å². The number of hydrogen-bond donors (Lipinski definition) is 2. The van der Waals surface area contributed by atoms with Crippen LogP contribution in [0.3, 0.4) is 0 Å². The van der Waals surface area contributed by atoms with Crippen molar-refractivity contribution in [2.75, 3.05) is 18.4 Å². The number of carbonyl (C=O) groups excluding carboxylic acids is 2. The lowest BCUT2D eigenvalue weighted by Gasteiger charge is -2.32. The van der Waals surface area contributed by atoms with Crippen LogP contribution in [0, 0.1) is 5.82 Å². The zero-order valence-corrected chi connectivity index (χ0v) is 11.1. The monoisotopic (exact) mass is 279 g/mol. The number of halogens is 1. The van der Waals surface area contributed by atoms with E-state index in [1.165, 1.54) is 18.2 Å². The number of anilines is 1. The van der Waals surface area contributed by atoms with Crippen molar-refractivity contribution < 1.29 is 14.0 Å². The van der Waals surface area contributed by atoms with E-state index in [0.717, 1.165) is 12.8 Å². The third-order valence-electron chi connectivity index (χ3n) is 3.40. The largest absolute Gasteiger partial charge is 0.368 e. The summed E-state index contributed by atoms with van der Waals surface area (Å²) in [5.74, 6) is -1.08. The quantitative estimate of drug-likeness (QED) is 0.866. The summed E-state index contributed by atoms with van der Waals surface area (Å²) in [5, 5.41) is 2.62. The smallest absolute Gasteiger partial charge is 0.238 e. The molecule has 2 amide bonds. The number of likely N-dealkylation sites (tertiary alicyclic amines) is 1. The highest BCUT2D eigenvalue weighted by molar-refractivity contribution is 5.92. The lowest BCUT2D eigenvalue weighted by atomic mass is 10.0. The van der Waals surface area contributed by atoms with E-state index in [1.54, 1.807) is 11.0 Å². The van der Waals surface area contributed by atoms with Gasteiger partial charge in [0.05, 0.1) is 12.6 Å². The Kier molecular flexibility index (Phi) is 4.68. The molecule has 108 valence electrons. The van der Waals surface area contributed by atoms with Crippen molar-refractivity contribution >= 4 is 17.5 Å². The predicted octanol–water partition coefficient (Wildman–Crippen LogP) is 1.10. The molecule has 0 aromatic heterocycles. The summed E-state index contributed by atoms with van der Waals surface area (Å²) < 4.78 is 13.0. The number of rotatable bonds is 4. The zero-order valence-electron chi connectivity index (χ0n) is 11.1. The van der Waals surface area contributed by atoms with E-state index in [2.05, 4.69) is 5.32 Å². The minimum Gasteiger partial charge on any atom is -0.368 e. The number of primary amides is 1. The third-order valence-corrected chi connectivity index (χ3v) is 3.40. The zero-order chi connectivity index (χ0) is 14.5. The first-order chi connectivity index (χ1) is 9.56. The fourth-order valence-electron chi connectivity index (χ4n) is 2.45. The molecule has 2 rings (SSSR count). The number of amides is 2. The van der Waals surface area contributed by atoms with Gasteiger partial charge in [-0.3, -0.25) is 14.5 Å². The van der Waals surface area contributed by atoms with E-state index in [-0.39, 0.29) is 18.5 Å². The summed E-state index contributed by atoms with van der Waals surface area (Å²) in [6.45, 7) is 0.758. The summed E-state index contributed by atoms with van der Waals surface area (Å²) in [6.07, 6.45) is 2.56. The average molecular weight is 279 g/mol. The van der Waals surface area contributed by atoms with E-state index >= 15 is 0 Å². The van der Waals surface area contributed by atoms with Gasteiger partial charge >= 0.3 is 0 Å². The minimum absolute atomic E-state index is 0.0874. The Morgan fingerprint density at radius 1 is 1.40 bits per heavy atom. The molecule has 20 heavy (non-hydrogen) atoms. The van der Waals surface area contributed by atoms with Crippen molar-refractivity contribution in [3.05, 3.63) is 30.1 Å². The van der Waals surface area contributed by atoms with Gasteiger partial charge < -0.3 is 11.1 Å². The van der Waals surface area contributed by atoms with Gasteiger partial charge in [-0.2, -0.15) is 0 Å². The molecule has 0 radical (unpaired) electrons. The van der Waals surface area contributed by atoms with Gasteiger partial charge in [-0.1, -0.05) is 12.5 Å². The van der Waals surface area contributed by atoms with Crippen LogP contribution in [-0.2, 0) is 9.59 Å². The van der Waals surface area contributed by atoms with Crippen LogP contribution in [-0.4, -0.2) is 35.8 Å². The Morgan fingerprint density at radius 2 is 2.20 bits per heavy atom. The molecule has 1 aromatic carbocycles. The Bertz CT molecular complexity index is 507. The first kappa shape index (κ1) is 14.5. The molecule has 1 saturated heterocycles. The maximum Gasteiger partial charge on any atom is 0.238 e. The first-order valence-corrected chi connectivity index (χ1v) is 6.65. The molecule has 3 N–H and O–H groups in total. The van der Waals surface area contributed by atoms with Crippen LogP contribution in [0.15, 0.2) is 24.3 Å². The number of hydrogen-bond acceptors (Lipinski definition) is 3. The fourth-order valence-corrected chi connectivity index (χ4v) is 2.45. The second-order valence-electron chi connectivity index (χ2n) is 4.94. The van der Waals surface area contributed by atoms with Gasteiger partial charge in [-0.25, -0.2) is 4.39 Å². The van der Waals surface area contributed by atoms with Gasteiger partial charge in [0.15, 0.2) is 0 Å². The van der Waals surface area contributed by atoms with Crippen LogP contribution in [0.1, 0.15) is 19.3 Å². The number of piperidine rings is 1. The highest BCUT2D eigenvalue weighted by Gasteiger charge is 2.28. The van der Waals surface area contributed by atoms with Crippen LogP contribution in [0.5, 0.6) is 0 Å². The van der Waals surface area contributed by atoms with Crippen molar-refractivity contribution in [3.63, 3.8) is 0 Å². The number of benzene rings is 1. The summed E-state index contributed by atoms with van der Waals surface area (Å²) in [6, 6.07) is 5.31. The van der Waals surface area contributed by atoms with Crippen molar-refractivity contribution in [1.29, 1.82) is 0 Å². The predicted molar refractivity (Wildman–Crippen MR) is 73.4 cm³/mol. The van der Waals surface area contributed by atoms with Crippen molar-refractivity contribution in [1.82, 2.24) is 4.90 Å². The average Bonchev–Trinajstić information content (AvgIpc) is 2.38. The van der Waals surface area contributed by atoms with Crippen LogP contribution < -0.4 is 11.1 Å². The minimum atomic E-state index is -0.407. The van der Waals surface area contributed by atoms with Crippen LogP contribution in [0.4, 0.5) is 10.1 Å². The topological polar surface area (TPSA) is 75.4 Å². The first-order valence-electron chi connectivity index (χ1n) is 6.65. The van der Waals surface area contributed by atoms with Gasteiger partial charge in [0, 0.05) is 5.69 Å². The molecule has 6 heteroatoms. The Hall–Kier alpha value is -1.95. The molecule has 0 spiro atoms.